The van der Waals surface area contributed by atoms with Crippen molar-refractivity contribution in [2.75, 3.05) is 19.6 Å². The molecule has 0 saturated heterocycles. The lowest BCUT2D eigenvalue weighted by atomic mass is 9.82. The van der Waals surface area contributed by atoms with Crippen LogP contribution in [0.1, 0.15) is 39.2 Å². The third-order valence-electron chi connectivity index (χ3n) is 4.72. The number of nitrogens with zero attached hydrogens (tertiary/aromatic N) is 1. The number of hydrogen-bond acceptors (Lipinski definition) is 3. The lowest BCUT2D eigenvalue weighted by molar-refractivity contribution is -0.149. The summed E-state index contributed by atoms with van der Waals surface area (Å²) in [6.45, 7) is 5.47. The van der Waals surface area contributed by atoms with E-state index in [9.17, 15) is 19.5 Å². The van der Waals surface area contributed by atoms with Crippen LogP contribution < -0.4 is 5.32 Å². The smallest absolute Gasteiger partial charge is 0.311 e. The maximum Gasteiger partial charge on any atom is 0.311 e. The minimum absolute atomic E-state index is 0.0642. The predicted molar refractivity (Wildman–Crippen MR) is 96.1 cm³/mol. The number of carboxylic acids is 1. The summed E-state index contributed by atoms with van der Waals surface area (Å²) < 4.78 is 0. The molecule has 0 bridgehead atoms. The van der Waals surface area contributed by atoms with Crippen molar-refractivity contribution in [2.45, 2.75) is 40.0 Å². The van der Waals surface area contributed by atoms with Crippen LogP contribution in [-0.4, -0.2) is 47.4 Å². The van der Waals surface area contributed by atoms with Crippen molar-refractivity contribution in [3.63, 3.8) is 0 Å². The number of carbonyl (C=O) groups excluding carboxylic acids is 2. The number of hydrogen-bond donors (Lipinski definition) is 2. The molecule has 0 heterocycles. The molecule has 0 aliphatic heterocycles. The van der Waals surface area contributed by atoms with E-state index in [0.29, 0.717) is 25.8 Å². The minimum Gasteiger partial charge on any atom is -0.481 e. The van der Waals surface area contributed by atoms with Crippen LogP contribution in [0.3, 0.4) is 0 Å². The fourth-order valence-corrected chi connectivity index (χ4v) is 2.63. The number of aliphatic carboxylic acids is 1. The van der Waals surface area contributed by atoms with Crippen LogP contribution in [0.5, 0.6) is 0 Å². The molecule has 0 spiro atoms. The van der Waals surface area contributed by atoms with E-state index in [-0.39, 0.29) is 24.9 Å². The second kappa shape index (κ2) is 9.81. The summed E-state index contributed by atoms with van der Waals surface area (Å²) in [4.78, 5) is 36.9. The number of nitrogens with one attached hydrogen (secondary N) is 1. The van der Waals surface area contributed by atoms with Gasteiger partial charge in [-0.05, 0) is 24.8 Å². The van der Waals surface area contributed by atoms with E-state index in [2.05, 4.69) is 5.32 Å². The Balaban J connectivity index is 2.58. The molecule has 0 atom stereocenters. The van der Waals surface area contributed by atoms with Crippen molar-refractivity contribution in [3.05, 3.63) is 35.9 Å². The Morgan fingerprint density at radius 3 is 2.20 bits per heavy atom. The van der Waals surface area contributed by atoms with E-state index in [1.165, 1.54) is 11.8 Å². The molecular formula is C19H28N2O4. The van der Waals surface area contributed by atoms with Gasteiger partial charge in [-0.3, -0.25) is 14.4 Å². The van der Waals surface area contributed by atoms with Crippen molar-refractivity contribution in [1.82, 2.24) is 10.2 Å². The molecule has 0 radical (unpaired) electrons. The summed E-state index contributed by atoms with van der Waals surface area (Å²) in [5.74, 6) is -1.43. The highest BCUT2D eigenvalue weighted by molar-refractivity contribution is 5.84. The zero-order chi connectivity index (χ0) is 18.9. The summed E-state index contributed by atoms with van der Waals surface area (Å²) in [7, 11) is 0. The zero-order valence-corrected chi connectivity index (χ0v) is 15.2. The number of rotatable bonds is 10. The maximum atomic E-state index is 12.2. The van der Waals surface area contributed by atoms with E-state index in [4.69, 9.17) is 0 Å². The van der Waals surface area contributed by atoms with Crippen LogP contribution in [0.2, 0.25) is 0 Å². The predicted octanol–water partition coefficient (Wildman–Crippen LogP) is 2.08. The third kappa shape index (κ3) is 6.21. The first-order chi connectivity index (χ1) is 11.8. The quantitative estimate of drug-likeness (QED) is 0.678. The molecule has 0 aliphatic carbocycles. The summed E-state index contributed by atoms with van der Waals surface area (Å²) in [6.07, 6.45) is 1.53. The number of carbonyl (C=O) groups is 3. The molecule has 1 aromatic rings. The van der Waals surface area contributed by atoms with Gasteiger partial charge in [-0.2, -0.15) is 0 Å². The standard InChI is InChI=1S/C19H28N2O4/c1-4-19(5-2,18(24)25)14-20-17(23)13-21(15(3)22)12-11-16-9-7-6-8-10-16/h6-10H,4-5,11-14H2,1-3H3,(H,20,23)(H,24,25). The Hall–Kier alpha value is -2.37. The van der Waals surface area contributed by atoms with E-state index < -0.39 is 11.4 Å². The van der Waals surface area contributed by atoms with Crippen LogP contribution in [0.25, 0.3) is 0 Å². The van der Waals surface area contributed by atoms with Crippen molar-refractivity contribution >= 4 is 17.8 Å². The van der Waals surface area contributed by atoms with Crippen LogP contribution in [0.4, 0.5) is 0 Å². The molecule has 25 heavy (non-hydrogen) atoms. The van der Waals surface area contributed by atoms with Gasteiger partial charge in [0, 0.05) is 20.0 Å². The van der Waals surface area contributed by atoms with Crippen molar-refractivity contribution in [1.29, 1.82) is 0 Å². The van der Waals surface area contributed by atoms with Gasteiger partial charge < -0.3 is 15.3 Å². The van der Waals surface area contributed by atoms with E-state index in [1.807, 2.05) is 30.3 Å². The molecular weight excluding hydrogens is 320 g/mol. The van der Waals surface area contributed by atoms with Crippen LogP contribution in [0, 0.1) is 5.41 Å². The number of carboxylic acid groups (broad SMARTS) is 1. The van der Waals surface area contributed by atoms with E-state index >= 15 is 0 Å². The normalized spacial score (nSPS) is 11.0. The van der Waals surface area contributed by atoms with Crippen molar-refractivity contribution in [3.8, 4) is 0 Å². The van der Waals surface area contributed by atoms with Crippen LogP contribution in [0.15, 0.2) is 30.3 Å². The Bertz CT molecular complexity index is 582. The highest BCUT2D eigenvalue weighted by atomic mass is 16.4. The van der Waals surface area contributed by atoms with Gasteiger partial charge >= 0.3 is 5.97 Å². The first-order valence-electron chi connectivity index (χ1n) is 8.64. The monoisotopic (exact) mass is 348 g/mol. The second-order valence-electron chi connectivity index (χ2n) is 6.25. The second-order valence-corrected chi connectivity index (χ2v) is 6.25. The van der Waals surface area contributed by atoms with E-state index in [1.54, 1.807) is 13.8 Å². The van der Waals surface area contributed by atoms with Gasteiger partial charge in [0.2, 0.25) is 11.8 Å². The molecule has 0 saturated carbocycles. The zero-order valence-electron chi connectivity index (χ0n) is 15.2. The van der Waals surface area contributed by atoms with Gasteiger partial charge in [-0.15, -0.1) is 0 Å². The SMILES string of the molecule is CCC(CC)(CNC(=O)CN(CCc1ccccc1)C(C)=O)C(=O)O. The van der Waals surface area contributed by atoms with Gasteiger partial charge in [-0.1, -0.05) is 44.2 Å². The molecule has 0 fully saturated rings. The van der Waals surface area contributed by atoms with E-state index in [0.717, 1.165) is 5.56 Å². The Morgan fingerprint density at radius 1 is 1.12 bits per heavy atom. The molecule has 0 aromatic heterocycles. The molecule has 138 valence electrons. The molecule has 1 aromatic carbocycles. The van der Waals surface area contributed by atoms with Crippen molar-refractivity contribution in [2.24, 2.45) is 5.41 Å². The number of amides is 2. The lowest BCUT2D eigenvalue weighted by Gasteiger charge is -2.27. The first-order valence-corrected chi connectivity index (χ1v) is 8.64. The molecule has 6 nitrogen and oxygen atoms in total. The average Bonchev–Trinajstić information content (AvgIpc) is 2.60. The Labute approximate surface area is 149 Å². The highest BCUT2D eigenvalue weighted by Gasteiger charge is 2.35. The van der Waals surface area contributed by atoms with Gasteiger partial charge in [-0.25, -0.2) is 0 Å². The minimum atomic E-state index is -0.958. The van der Waals surface area contributed by atoms with Crippen LogP contribution >= 0.6 is 0 Å². The van der Waals surface area contributed by atoms with Crippen LogP contribution in [-0.2, 0) is 20.8 Å². The van der Waals surface area contributed by atoms with Gasteiger partial charge in [0.05, 0.1) is 12.0 Å². The van der Waals surface area contributed by atoms with Gasteiger partial charge in [0.1, 0.15) is 0 Å². The lowest BCUT2D eigenvalue weighted by Crippen LogP contribution is -2.46. The van der Waals surface area contributed by atoms with Gasteiger partial charge in [0.25, 0.3) is 0 Å². The molecule has 6 heteroatoms. The summed E-state index contributed by atoms with van der Waals surface area (Å²) in [6, 6.07) is 9.74. The van der Waals surface area contributed by atoms with Crippen molar-refractivity contribution < 1.29 is 19.5 Å². The molecule has 1 rings (SSSR count). The van der Waals surface area contributed by atoms with Gasteiger partial charge in [0.15, 0.2) is 0 Å². The first kappa shape index (κ1) is 20.7. The fraction of sp³-hybridized carbons (Fsp3) is 0.526. The summed E-state index contributed by atoms with van der Waals surface area (Å²) in [5, 5.41) is 12.1. The maximum absolute atomic E-state index is 12.2. The Kier molecular flexibility index (Phi) is 8.11. The Morgan fingerprint density at radius 2 is 1.72 bits per heavy atom. The highest BCUT2D eigenvalue weighted by Crippen LogP contribution is 2.25. The average molecular weight is 348 g/mol. The molecule has 2 amide bonds. The molecule has 2 N–H and O–H groups in total. The fourth-order valence-electron chi connectivity index (χ4n) is 2.63. The molecule has 0 aliphatic rings. The third-order valence-corrected chi connectivity index (χ3v) is 4.72. The topological polar surface area (TPSA) is 86.7 Å². The summed E-state index contributed by atoms with van der Waals surface area (Å²) >= 11 is 0. The number of benzene rings is 1. The summed E-state index contributed by atoms with van der Waals surface area (Å²) in [5.41, 5.74) is 0.136. The molecule has 0 unspecified atom stereocenters. The largest absolute Gasteiger partial charge is 0.481 e.